The van der Waals surface area contributed by atoms with Gasteiger partial charge in [0.1, 0.15) is 5.82 Å². The van der Waals surface area contributed by atoms with Crippen LogP contribution in [0, 0.1) is 11.7 Å². The van der Waals surface area contributed by atoms with Gasteiger partial charge < -0.3 is 15.5 Å². The van der Waals surface area contributed by atoms with E-state index in [2.05, 4.69) is 10.6 Å². The zero-order valence-corrected chi connectivity index (χ0v) is 15.4. The second-order valence-corrected chi connectivity index (χ2v) is 7.12. The molecule has 1 aliphatic rings. The van der Waals surface area contributed by atoms with Gasteiger partial charge in [0.2, 0.25) is 0 Å². The number of nitrogens with zero attached hydrogens (tertiary/aromatic N) is 1. The number of nitrogens with one attached hydrogen (secondary N) is 2. The molecule has 1 saturated carbocycles. The third-order valence-electron chi connectivity index (χ3n) is 4.90. The van der Waals surface area contributed by atoms with E-state index in [-0.39, 0.29) is 5.91 Å². The predicted octanol–water partition coefficient (Wildman–Crippen LogP) is 4.75. The van der Waals surface area contributed by atoms with Crippen molar-refractivity contribution in [2.75, 3.05) is 36.2 Å². The first kappa shape index (κ1) is 18.2. The number of hydrogen-bond acceptors (Lipinski definition) is 3. The van der Waals surface area contributed by atoms with E-state index in [1.807, 2.05) is 24.3 Å². The number of carbonyl (C=O) groups excluding carboxylic acids is 1. The van der Waals surface area contributed by atoms with Crippen LogP contribution in [0.1, 0.15) is 36.0 Å². The summed E-state index contributed by atoms with van der Waals surface area (Å²) in [6.45, 7) is 1.00. The molecule has 5 heteroatoms. The third kappa shape index (κ3) is 4.54. The molecule has 26 heavy (non-hydrogen) atoms. The fraction of sp³-hybridized carbons (Fsp3) is 0.381. The number of anilines is 3. The van der Waals surface area contributed by atoms with E-state index in [1.165, 1.54) is 31.7 Å². The van der Waals surface area contributed by atoms with Crippen molar-refractivity contribution in [1.29, 1.82) is 0 Å². The molecule has 3 rings (SSSR count). The maximum Gasteiger partial charge on any atom is 0.255 e. The van der Waals surface area contributed by atoms with Gasteiger partial charge in [-0.3, -0.25) is 4.79 Å². The van der Waals surface area contributed by atoms with Crippen LogP contribution in [0.5, 0.6) is 0 Å². The van der Waals surface area contributed by atoms with E-state index in [9.17, 15) is 9.18 Å². The number of rotatable bonds is 6. The molecule has 0 aliphatic heterocycles. The van der Waals surface area contributed by atoms with Crippen molar-refractivity contribution in [3.05, 3.63) is 53.8 Å². The third-order valence-corrected chi connectivity index (χ3v) is 4.90. The second kappa shape index (κ2) is 8.21. The highest BCUT2D eigenvalue weighted by Crippen LogP contribution is 2.25. The topological polar surface area (TPSA) is 44.4 Å². The van der Waals surface area contributed by atoms with Crippen molar-refractivity contribution in [3.63, 3.8) is 0 Å². The fourth-order valence-corrected chi connectivity index (χ4v) is 3.36. The number of halogens is 1. The van der Waals surface area contributed by atoms with Gasteiger partial charge in [0.15, 0.2) is 0 Å². The van der Waals surface area contributed by atoms with E-state index in [1.54, 1.807) is 31.1 Å². The first-order chi connectivity index (χ1) is 12.5. The van der Waals surface area contributed by atoms with Crippen molar-refractivity contribution in [1.82, 2.24) is 0 Å². The quantitative estimate of drug-likeness (QED) is 0.786. The highest BCUT2D eigenvalue weighted by atomic mass is 19.1. The Morgan fingerprint density at radius 2 is 1.73 bits per heavy atom. The second-order valence-electron chi connectivity index (χ2n) is 7.12. The molecule has 2 aromatic carbocycles. The molecule has 0 bridgehead atoms. The Morgan fingerprint density at radius 1 is 1.08 bits per heavy atom. The number of hydrogen-bond donors (Lipinski definition) is 2. The molecule has 0 aromatic heterocycles. The van der Waals surface area contributed by atoms with Crippen LogP contribution in [0.15, 0.2) is 42.5 Å². The fourth-order valence-electron chi connectivity index (χ4n) is 3.36. The van der Waals surface area contributed by atoms with Crippen LogP contribution in [-0.4, -0.2) is 26.5 Å². The van der Waals surface area contributed by atoms with Crippen molar-refractivity contribution in [2.45, 2.75) is 25.7 Å². The van der Waals surface area contributed by atoms with Crippen molar-refractivity contribution < 1.29 is 9.18 Å². The lowest BCUT2D eigenvalue weighted by atomic mass is 10.1. The summed E-state index contributed by atoms with van der Waals surface area (Å²) in [5.41, 5.74) is 2.51. The van der Waals surface area contributed by atoms with E-state index in [4.69, 9.17) is 0 Å². The maximum atomic E-state index is 14.0. The van der Waals surface area contributed by atoms with Crippen molar-refractivity contribution >= 4 is 23.0 Å². The minimum absolute atomic E-state index is 0.302. The van der Waals surface area contributed by atoms with Crippen LogP contribution in [0.3, 0.4) is 0 Å². The number of carbonyl (C=O) groups is 1. The molecule has 1 amide bonds. The molecule has 0 radical (unpaired) electrons. The Bertz CT molecular complexity index is 752. The Balaban J connectivity index is 1.58. The molecular formula is C21H26FN3O. The van der Waals surface area contributed by atoms with Crippen LogP contribution in [0.2, 0.25) is 0 Å². The SMILES string of the molecule is CN(C)c1ccc(C(=O)Nc2ccc(NCC3CCCC3)cc2)cc1F. The van der Waals surface area contributed by atoms with Crippen LogP contribution in [0.4, 0.5) is 21.5 Å². The lowest BCUT2D eigenvalue weighted by Gasteiger charge is -2.14. The summed E-state index contributed by atoms with van der Waals surface area (Å²) in [4.78, 5) is 14.0. The first-order valence-corrected chi connectivity index (χ1v) is 9.15. The Labute approximate surface area is 154 Å². The predicted molar refractivity (Wildman–Crippen MR) is 106 cm³/mol. The zero-order valence-electron chi connectivity index (χ0n) is 15.4. The normalized spacial score (nSPS) is 14.3. The summed E-state index contributed by atoms with van der Waals surface area (Å²) in [5.74, 6) is 0.0457. The molecule has 0 spiro atoms. The van der Waals surface area contributed by atoms with Gasteiger partial charge in [-0.2, -0.15) is 0 Å². The Morgan fingerprint density at radius 3 is 2.35 bits per heavy atom. The average Bonchev–Trinajstić information content (AvgIpc) is 3.14. The van der Waals surface area contributed by atoms with Crippen LogP contribution < -0.4 is 15.5 Å². The van der Waals surface area contributed by atoms with Gasteiger partial charge in [-0.15, -0.1) is 0 Å². The number of amides is 1. The molecule has 1 aliphatic carbocycles. The summed E-state index contributed by atoms with van der Waals surface area (Å²) in [6, 6.07) is 12.1. The average molecular weight is 355 g/mol. The molecule has 0 unspecified atom stereocenters. The van der Waals surface area contributed by atoms with Gasteiger partial charge in [-0.05, 0) is 61.2 Å². The summed E-state index contributed by atoms with van der Waals surface area (Å²) in [7, 11) is 3.53. The summed E-state index contributed by atoms with van der Waals surface area (Å²) in [5, 5.41) is 6.27. The highest BCUT2D eigenvalue weighted by molar-refractivity contribution is 6.04. The van der Waals surface area contributed by atoms with Crippen LogP contribution >= 0.6 is 0 Å². The molecular weight excluding hydrogens is 329 g/mol. The number of benzene rings is 2. The van der Waals surface area contributed by atoms with E-state index < -0.39 is 5.82 Å². The van der Waals surface area contributed by atoms with E-state index >= 15 is 0 Å². The van der Waals surface area contributed by atoms with Crippen molar-refractivity contribution in [2.24, 2.45) is 5.92 Å². The lowest BCUT2D eigenvalue weighted by Crippen LogP contribution is -2.15. The van der Waals surface area contributed by atoms with E-state index in [0.29, 0.717) is 16.9 Å². The minimum Gasteiger partial charge on any atom is -0.385 e. The molecule has 0 atom stereocenters. The largest absolute Gasteiger partial charge is 0.385 e. The van der Waals surface area contributed by atoms with Gasteiger partial charge in [-0.1, -0.05) is 12.8 Å². The molecule has 138 valence electrons. The van der Waals surface area contributed by atoms with Gasteiger partial charge >= 0.3 is 0 Å². The van der Waals surface area contributed by atoms with Gasteiger partial charge in [-0.25, -0.2) is 4.39 Å². The van der Waals surface area contributed by atoms with Crippen molar-refractivity contribution in [3.8, 4) is 0 Å². The summed E-state index contributed by atoms with van der Waals surface area (Å²) < 4.78 is 14.0. The van der Waals surface area contributed by atoms with Gasteiger partial charge in [0.05, 0.1) is 5.69 Å². The van der Waals surface area contributed by atoms with E-state index in [0.717, 1.165) is 18.2 Å². The maximum absolute atomic E-state index is 14.0. The Hall–Kier alpha value is -2.56. The molecule has 4 nitrogen and oxygen atoms in total. The standard InChI is InChI=1S/C21H26FN3O/c1-25(2)20-12-7-16(13-19(20)22)21(26)24-18-10-8-17(9-11-18)23-14-15-5-3-4-6-15/h7-13,15,23H,3-6,14H2,1-2H3,(H,24,26). The monoisotopic (exact) mass is 355 g/mol. The molecule has 1 fully saturated rings. The molecule has 0 heterocycles. The first-order valence-electron chi connectivity index (χ1n) is 9.15. The highest BCUT2D eigenvalue weighted by Gasteiger charge is 2.14. The summed E-state index contributed by atoms with van der Waals surface area (Å²) >= 11 is 0. The molecule has 2 aromatic rings. The van der Waals surface area contributed by atoms with Crippen LogP contribution in [0.25, 0.3) is 0 Å². The van der Waals surface area contributed by atoms with Crippen LogP contribution in [-0.2, 0) is 0 Å². The minimum atomic E-state index is -0.408. The lowest BCUT2D eigenvalue weighted by molar-refractivity contribution is 0.102. The van der Waals surface area contributed by atoms with Gasteiger partial charge in [0, 0.05) is 37.6 Å². The zero-order chi connectivity index (χ0) is 18.5. The smallest absolute Gasteiger partial charge is 0.255 e. The van der Waals surface area contributed by atoms with Gasteiger partial charge in [0.25, 0.3) is 5.91 Å². The summed E-state index contributed by atoms with van der Waals surface area (Å²) in [6.07, 6.45) is 5.30. The molecule has 0 saturated heterocycles. The molecule has 2 N–H and O–H groups in total. The Kier molecular flexibility index (Phi) is 5.76.